The minimum atomic E-state index is -2.63. The van der Waals surface area contributed by atoms with E-state index in [1.807, 2.05) is 0 Å². The monoisotopic (exact) mass is 465 g/mol. The van der Waals surface area contributed by atoms with E-state index in [2.05, 4.69) is 60.3 Å². The maximum absolute atomic E-state index is 12.2. The van der Waals surface area contributed by atoms with E-state index in [0.29, 0.717) is 29.2 Å². The Balaban J connectivity index is 5.45. The van der Waals surface area contributed by atoms with Crippen molar-refractivity contribution < 1.29 is 27.6 Å². The number of nitrogens with zero attached hydrogens (tertiary/aromatic N) is 1. The molecule has 7 nitrogen and oxygen atoms in total. The number of hydrogen-bond donors (Lipinski definition) is 1. The zero-order valence-corrected chi connectivity index (χ0v) is 23.2. The molecule has 0 saturated carbocycles. The number of hydrogen-bond acceptors (Lipinski definition) is 6. The summed E-state index contributed by atoms with van der Waals surface area (Å²) < 4.78 is 23.1. The molecule has 9 heteroatoms. The van der Waals surface area contributed by atoms with E-state index < -0.39 is 29.2 Å². The fourth-order valence-electron chi connectivity index (χ4n) is 4.65. The van der Waals surface area contributed by atoms with Gasteiger partial charge in [-0.3, -0.25) is 4.90 Å². The van der Waals surface area contributed by atoms with E-state index in [1.54, 1.807) is 21.3 Å². The van der Waals surface area contributed by atoms with Crippen LogP contribution in [0.2, 0.25) is 22.7 Å². The Morgan fingerprint density at radius 3 is 1.60 bits per heavy atom. The molecule has 1 atom stereocenters. The van der Waals surface area contributed by atoms with Crippen molar-refractivity contribution in [2.45, 2.75) is 96.6 Å². The fourth-order valence-corrected chi connectivity index (χ4v) is 11.8. The molecule has 30 heavy (non-hydrogen) atoms. The van der Waals surface area contributed by atoms with Gasteiger partial charge in [-0.25, -0.2) is 4.79 Å². The van der Waals surface area contributed by atoms with Crippen LogP contribution in [0.15, 0.2) is 0 Å². The maximum Gasteiger partial charge on any atom is 0.500 e. The first-order valence-electron chi connectivity index (χ1n) is 11.1. The fraction of sp³-hybridized carbons (Fsp3) is 0.952. The lowest BCUT2D eigenvalue weighted by atomic mass is 10.2. The first kappa shape index (κ1) is 29.7. The Morgan fingerprint density at radius 2 is 1.30 bits per heavy atom. The Morgan fingerprint density at radius 1 is 0.867 bits per heavy atom. The van der Waals surface area contributed by atoms with Crippen LogP contribution in [0.1, 0.15) is 61.8 Å². The molecule has 0 aliphatic carbocycles. The molecular weight excluding hydrogens is 418 g/mol. The van der Waals surface area contributed by atoms with Crippen molar-refractivity contribution >= 4 is 23.1 Å². The van der Waals surface area contributed by atoms with Gasteiger partial charge in [0.15, 0.2) is 6.10 Å². The van der Waals surface area contributed by atoms with E-state index in [1.165, 1.54) is 0 Å². The predicted molar refractivity (Wildman–Crippen MR) is 126 cm³/mol. The van der Waals surface area contributed by atoms with Crippen LogP contribution in [0.3, 0.4) is 0 Å². The van der Waals surface area contributed by atoms with E-state index in [0.717, 1.165) is 13.0 Å². The third-order valence-corrected chi connectivity index (χ3v) is 15.3. The van der Waals surface area contributed by atoms with Crippen LogP contribution < -0.4 is 0 Å². The van der Waals surface area contributed by atoms with Gasteiger partial charge < -0.3 is 22.8 Å². The molecule has 0 amide bonds. The summed E-state index contributed by atoms with van der Waals surface area (Å²) in [6.45, 7) is 18.3. The summed E-state index contributed by atoms with van der Waals surface area (Å²) in [5.74, 6) is -0.881. The molecule has 1 N–H and O–H groups in total. The predicted octanol–water partition coefficient (Wildman–Crippen LogP) is 4.61. The summed E-state index contributed by atoms with van der Waals surface area (Å²) in [5, 5.41) is 10.00. The molecule has 0 fully saturated rings. The molecule has 0 rings (SSSR count). The second kappa shape index (κ2) is 13.3. The average molecular weight is 466 g/mol. The lowest BCUT2D eigenvalue weighted by molar-refractivity contribution is -0.147. The first-order valence-corrected chi connectivity index (χ1v) is 15.2. The van der Waals surface area contributed by atoms with Gasteiger partial charge in [0.1, 0.15) is 0 Å². The van der Waals surface area contributed by atoms with Gasteiger partial charge in [0.05, 0.1) is 0 Å². The highest BCUT2D eigenvalue weighted by Gasteiger charge is 2.48. The molecule has 0 saturated heterocycles. The molecule has 1 unspecified atom stereocenters. The second-order valence-corrected chi connectivity index (χ2v) is 17.7. The summed E-state index contributed by atoms with van der Waals surface area (Å²) in [7, 11) is -0.0869. The molecule has 0 heterocycles. The van der Waals surface area contributed by atoms with Gasteiger partial charge in [0.25, 0.3) is 0 Å². The topological polar surface area (TPSA) is 77.5 Å². The SMILES string of the molecule is CO[Si](CCCN(CC(O[Si](C(C)C)(C(C)C)C(C)C)C(=O)O)C(C)C)(OC)OC. The van der Waals surface area contributed by atoms with Gasteiger partial charge in [0, 0.05) is 40.0 Å². The molecular formula is C21H47NO6Si2. The van der Waals surface area contributed by atoms with Crippen molar-refractivity contribution in [2.24, 2.45) is 0 Å². The van der Waals surface area contributed by atoms with Crippen LogP contribution in [-0.2, 0) is 22.5 Å². The zero-order chi connectivity index (χ0) is 23.7. The Labute approximate surface area is 186 Å². The van der Waals surface area contributed by atoms with Gasteiger partial charge in [0.2, 0.25) is 8.32 Å². The van der Waals surface area contributed by atoms with Crippen molar-refractivity contribution in [3.8, 4) is 0 Å². The summed E-state index contributed by atoms with van der Waals surface area (Å²) in [6, 6.07) is 0.883. The molecule has 0 aliphatic heterocycles. The smallest absolute Gasteiger partial charge is 0.479 e. The van der Waals surface area contributed by atoms with Crippen molar-refractivity contribution in [1.29, 1.82) is 0 Å². The Hall–Kier alpha value is -0.296. The van der Waals surface area contributed by atoms with Crippen LogP contribution in [0.25, 0.3) is 0 Å². The summed E-state index contributed by atoms with van der Waals surface area (Å²) in [4.78, 5) is 14.4. The lowest BCUT2D eigenvalue weighted by Crippen LogP contribution is -2.54. The highest BCUT2D eigenvalue weighted by atomic mass is 28.4. The minimum absolute atomic E-state index is 0.201. The van der Waals surface area contributed by atoms with Gasteiger partial charge >= 0.3 is 14.8 Å². The van der Waals surface area contributed by atoms with E-state index in [-0.39, 0.29) is 6.04 Å². The number of carboxylic acids is 1. The third-order valence-electron chi connectivity index (χ3n) is 6.32. The molecule has 0 aromatic heterocycles. The van der Waals surface area contributed by atoms with Gasteiger partial charge in [-0.2, -0.15) is 0 Å². The molecule has 0 radical (unpaired) electrons. The molecule has 0 aromatic carbocycles. The minimum Gasteiger partial charge on any atom is -0.479 e. The van der Waals surface area contributed by atoms with Crippen LogP contribution in [0.4, 0.5) is 0 Å². The summed E-state index contributed by atoms with van der Waals surface area (Å²) >= 11 is 0. The van der Waals surface area contributed by atoms with Gasteiger partial charge in [-0.15, -0.1) is 0 Å². The van der Waals surface area contributed by atoms with E-state index in [9.17, 15) is 9.90 Å². The number of carboxylic acid groups (broad SMARTS) is 1. The lowest BCUT2D eigenvalue weighted by Gasteiger charge is -2.44. The number of carbonyl (C=O) groups is 1. The molecule has 0 aliphatic rings. The first-order chi connectivity index (χ1) is 13.8. The quantitative estimate of drug-likeness (QED) is 0.333. The van der Waals surface area contributed by atoms with Gasteiger partial charge in [-0.05, 0) is 43.4 Å². The van der Waals surface area contributed by atoms with Crippen LogP contribution in [0.5, 0.6) is 0 Å². The van der Waals surface area contributed by atoms with Crippen molar-refractivity contribution in [3.05, 3.63) is 0 Å². The van der Waals surface area contributed by atoms with Crippen molar-refractivity contribution in [2.75, 3.05) is 34.4 Å². The zero-order valence-electron chi connectivity index (χ0n) is 21.2. The number of aliphatic carboxylic acids is 1. The standard InChI is InChI=1S/C21H47NO6Si2/c1-16(2)22(13-12-14-29(25-9,26-10)27-11)15-20(21(23)24)28-30(17(3)4,18(5)6)19(7)8/h16-20H,12-15H2,1-11H3,(H,23,24). The molecule has 0 bridgehead atoms. The third kappa shape index (κ3) is 7.68. The summed E-state index contributed by atoms with van der Waals surface area (Å²) in [5.41, 5.74) is 1.01. The van der Waals surface area contributed by atoms with Crippen molar-refractivity contribution in [3.63, 3.8) is 0 Å². The van der Waals surface area contributed by atoms with Crippen molar-refractivity contribution in [1.82, 2.24) is 4.90 Å². The van der Waals surface area contributed by atoms with Crippen LogP contribution >= 0.6 is 0 Å². The number of rotatable bonds is 16. The molecule has 180 valence electrons. The van der Waals surface area contributed by atoms with E-state index >= 15 is 0 Å². The highest BCUT2D eigenvalue weighted by Crippen LogP contribution is 2.43. The Kier molecular flexibility index (Phi) is 13.2. The normalized spacial score (nSPS) is 14.5. The van der Waals surface area contributed by atoms with Gasteiger partial charge in [-0.1, -0.05) is 41.5 Å². The van der Waals surface area contributed by atoms with E-state index in [4.69, 9.17) is 17.7 Å². The maximum atomic E-state index is 12.2. The summed E-state index contributed by atoms with van der Waals surface area (Å²) in [6.07, 6.45) is -0.0338. The highest BCUT2D eigenvalue weighted by molar-refractivity contribution is 6.77. The molecule has 0 aromatic rings. The average Bonchev–Trinajstić information content (AvgIpc) is 2.66. The molecule has 0 spiro atoms. The Bertz CT molecular complexity index is 468. The largest absolute Gasteiger partial charge is 0.500 e. The van der Waals surface area contributed by atoms with Crippen LogP contribution in [0, 0.1) is 0 Å². The van der Waals surface area contributed by atoms with Crippen LogP contribution in [-0.4, -0.2) is 79.7 Å². The second-order valence-electron chi connectivity index (χ2n) is 9.25.